The van der Waals surface area contributed by atoms with E-state index in [2.05, 4.69) is 4.98 Å². The maximum atomic E-state index is 12.0. The van der Waals surface area contributed by atoms with Gasteiger partial charge in [-0.15, -0.1) is 0 Å². The third-order valence-electron chi connectivity index (χ3n) is 2.79. The van der Waals surface area contributed by atoms with Crippen molar-refractivity contribution < 1.29 is 4.79 Å². The Hall–Kier alpha value is -1.62. The number of hydrogen-bond acceptors (Lipinski definition) is 3. The van der Waals surface area contributed by atoms with Gasteiger partial charge >= 0.3 is 0 Å². The van der Waals surface area contributed by atoms with E-state index in [0.29, 0.717) is 13.1 Å². The van der Waals surface area contributed by atoms with Gasteiger partial charge in [0.15, 0.2) is 0 Å². The van der Waals surface area contributed by atoms with Crippen LogP contribution in [0.2, 0.25) is 0 Å². The summed E-state index contributed by atoms with van der Waals surface area (Å²) in [5.74, 6) is -0.225. The molecule has 0 aromatic carbocycles. The van der Waals surface area contributed by atoms with Crippen molar-refractivity contribution in [3.05, 3.63) is 34.2 Å². The minimum Gasteiger partial charge on any atom is -0.337 e. The molecule has 16 heavy (non-hydrogen) atoms. The van der Waals surface area contributed by atoms with Crippen molar-refractivity contribution in [1.82, 2.24) is 9.88 Å². The molecule has 1 aromatic heterocycles. The fourth-order valence-electron chi connectivity index (χ4n) is 1.95. The molecule has 5 heteroatoms. The van der Waals surface area contributed by atoms with Gasteiger partial charge in [0.25, 0.3) is 11.5 Å². The average molecular weight is 221 g/mol. The van der Waals surface area contributed by atoms with Gasteiger partial charge in [-0.25, -0.2) is 0 Å². The molecule has 0 saturated carbocycles. The first-order valence-electron chi connectivity index (χ1n) is 5.41. The van der Waals surface area contributed by atoms with Crippen molar-refractivity contribution in [2.24, 2.45) is 5.73 Å². The third kappa shape index (κ3) is 2.14. The molecule has 0 bridgehead atoms. The first kappa shape index (κ1) is 10.9. The number of nitrogens with zero attached hydrogens (tertiary/aromatic N) is 1. The number of hydrogen-bond donors (Lipinski definition) is 2. The molecule has 1 unspecified atom stereocenters. The molecule has 1 amide bonds. The number of carbonyl (C=O) groups is 1. The van der Waals surface area contributed by atoms with E-state index in [-0.39, 0.29) is 23.1 Å². The second kappa shape index (κ2) is 4.49. The smallest absolute Gasteiger partial charge is 0.260 e. The number of pyridine rings is 1. The SMILES string of the molecule is NC1CCCN(C(=O)c2ccc[nH]c2=O)C1. The Bertz CT molecular complexity index is 441. The summed E-state index contributed by atoms with van der Waals surface area (Å²) in [6.45, 7) is 1.22. The summed E-state index contributed by atoms with van der Waals surface area (Å²) in [6.07, 6.45) is 3.35. The van der Waals surface area contributed by atoms with Gasteiger partial charge in [0.05, 0.1) is 0 Å². The summed E-state index contributed by atoms with van der Waals surface area (Å²) < 4.78 is 0. The Morgan fingerprint density at radius 2 is 2.38 bits per heavy atom. The molecule has 0 radical (unpaired) electrons. The molecule has 1 saturated heterocycles. The number of aromatic amines is 1. The van der Waals surface area contributed by atoms with E-state index in [1.54, 1.807) is 17.0 Å². The van der Waals surface area contributed by atoms with Crippen molar-refractivity contribution >= 4 is 5.91 Å². The normalized spacial score (nSPS) is 20.8. The number of rotatable bonds is 1. The number of H-pyrrole nitrogens is 1. The number of aromatic nitrogens is 1. The molecule has 0 spiro atoms. The van der Waals surface area contributed by atoms with Crippen LogP contribution < -0.4 is 11.3 Å². The quantitative estimate of drug-likeness (QED) is 0.697. The minimum absolute atomic E-state index is 0.0282. The predicted octanol–water partition coefficient (Wildman–Crippen LogP) is -0.0618. The number of carbonyl (C=O) groups excluding carboxylic acids is 1. The van der Waals surface area contributed by atoms with Gasteiger partial charge in [0.1, 0.15) is 5.56 Å². The molecule has 1 aromatic rings. The van der Waals surface area contributed by atoms with Crippen LogP contribution in [0.4, 0.5) is 0 Å². The number of piperidine rings is 1. The van der Waals surface area contributed by atoms with Gasteiger partial charge in [0.2, 0.25) is 0 Å². The zero-order valence-corrected chi connectivity index (χ0v) is 8.98. The zero-order chi connectivity index (χ0) is 11.5. The fourth-order valence-corrected chi connectivity index (χ4v) is 1.95. The van der Waals surface area contributed by atoms with Crippen LogP contribution in [0.25, 0.3) is 0 Å². The summed E-state index contributed by atoms with van der Waals surface area (Å²) in [4.78, 5) is 27.6. The van der Waals surface area contributed by atoms with Crippen LogP contribution in [0.15, 0.2) is 23.1 Å². The highest BCUT2D eigenvalue weighted by Gasteiger charge is 2.23. The molecule has 1 fully saturated rings. The summed E-state index contributed by atoms with van der Waals surface area (Å²) in [7, 11) is 0. The molecule has 1 aliphatic heterocycles. The van der Waals surface area contributed by atoms with E-state index in [0.717, 1.165) is 12.8 Å². The van der Waals surface area contributed by atoms with Gasteiger partial charge in [-0.3, -0.25) is 9.59 Å². The van der Waals surface area contributed by atoms with Crippen molar-refractivity contribution in [2.45, 2.75) is 18.9 Å². The highest BCUT2D eigenvalue weighted by molar-refractivity contribution is 5.93. The highest BCUT2D eigenvalue weighted by atomic mass is 16.2. The van der Waals surface area contributed by atoms with Crippen molar-refractivity contribution in [3.8, 4) is 0 Å². The maximum absolute atomic E-state index is 12.0. The lowest BCUT2D eigenvalue weighted by Crippen LogP contribution is -2.46. The van der Waals surface area contributed by atoms with E-state index < -0.39 is 0 Å². The van der Waals surface area contributed by atoms with Crippen molar-refractivity contribution in [3.63, 3.8) is 0 Å². The van der Waals surface area contributed by atoms with Crippen molar-refractivity contribution in [1.29, 1.82) is 0 Å². The molecule has 1 atom stereocenters. The summed E-state index contributed by atoms with van der Waals surface area (Å²) in [5, 5.41) is 0. The molecular weight excluding hydrogens is 206 g/mol. The second-order valence-corrected chi connectivity index (χ2v) is 4.07. The molecule has 5 nitrogen and oxygen atoms in total. The monoisotopic (exact) mass is 221 g/mol. The molecule has 2 rings (SSSR count). The molecule has 86 valence electrons. The molecule has 0 aliphatic carbocycles. The first-order valence-corrected chi connectivity index (χ1v) is 5.41. The van der Waals surface area contributed by atoms with Gasteiger partial charge in [-0.05, 0) is 25.0 Å². The lowest BCUT2D eigenvalue weighted by Gasteiger charge is -2.30. The van der Waals surface area contributed by atoms with E-state index in [4.69, 9.17) is 5.73 Å². The number of nitrogens with one attached hydrogen (secondary N) is 1. The standard InChI is InChI=1S/C11H15N3O2/c12-8-3-2-6-14(7-8)11(16)9-4-1-5-13-10(9)15/h1,4-5,8H,2-3,6-7,12H2,(H,13,15). The summed E-state index contributed by atoms with van der Waals surface area (Å²) >= 11 is 0. The van der Waals surface area contributed by atoms with Crippen molar-refractivity contribution in [2.75, 3.05) is 13.1 Å². The summed E-state index contributed by atoms with van der Waals surface area (Å²) in [6, 6.07) is 3.22. The zero-order valence-electron chi connectivity index (χ0n) is 8.98. The molecular formula is C11H15N3O2. The third-order valence-corrected chi connectivity index (χ3v) is 2.79. The van der Waals surface area contributed by atoms with E-state index >= 15 is 0 Å². The second-order valence-electron chi connectivity index (χ2n) is 4.07. The lowest BCUT2D eigenvalue weighted by molar-refractivity contribution is 0.0707. The van der Waals surface area contributed by atoms with E-state index in [1.807, 2.05) is 0 Å². The highest BCUT2D eigenvalue weighted by Crippen LogP contribution is 2.10. The van der Waals surface area contributed by atoms with Crippen LogP contribution in [-0.2, 0) is 0 Å². The van der Waals surface area contributed by atoms with Crippen LogP contribution in [0.1, 0.15) is 23.2 Å². The number of nitrogens with two attached hydrogens (primary N) is 1. The Balaban J connectivity index is 2.19. The number of likely N-dealkylation sites (tertiary alicyclic amines) is 1. The maximum Gasteiger partial charge on any atom is 0.260 e. The Morgan fingerprint density at radius 1 is 1.56 bits per heavy atom. The van der Waals surface area contributed by atoms with Crippen LogP contribution in [0.3, 0.4) is 0 Å². The Kier molecular flexibility index (Phi) is 3.05. The number of amides is 1. The van der Waals surface area contributed by atoms with E-state index in [1.165, 1.54) is 6.20 Å². The van der Waals surface area contributed by atoms with Gasteiger partial charge in [0, 0.05) is 25.3 Å². The van der Waals surface area contributed by atoms with Gasteiger partial charge < -0.3 is 15.6 Å². The van der Waals surface area contributed by atoms with Crippen LogP contribution in [0.5, 0.6) is 0 Å². The van der Waals surface area contributed by atoms with Crippen LogP contribution in [0, 0.1) is 0 Å². The van der Waals surface area contributed by atoms with Gasteiger partial charge in [-0.2, -0.15) is 0 Å². The predicted molar refractivity (Wildman–Crippen MR) is 60.2 cm³/mol. The fraction of sp³-hybridized carbons (Fsp3) is 0.455. The first-order chi connectivity index (χ1) is 7.68. The minimum atomic E-state index is -0.341. The Morgan fingerprint density at radius 3 is 3.06 bits per heavy atom. The van der Waals surface area contributed by atoms with Crippen LogP contribution in [-0.4, -0.2) is 34.9 Å². The molecule has 3 N–H and O–H groups in total. The molecule has 1 aliphatic rings. The lowest BCUT2D eigenvalue weighted by atomic mass is 10.1. The Labute approximate surface area is 93.3 Å². The summed E-state index contributed by atoms with van der Waals surface area (Å²) in [5.41, 5.74) is 5.65. The topological polar surface area (TPSA) is 79.2 Å². The molecule has 2 heterocycles. The average Bonchev–Trinajstić information content (AvgIpc) is 2.29. The van der Waals surface area contributed by atoms with Gasteiger partial charge in [-0.1, -0.05) is 0 Å². The largest absolute Gasteiger partial charge is 0.337 e. The van der Waals surface area contributed by atoms with E-state index in [9.17, 15) is 9.59 Å². The van der Waals surface area contributed by atoms with Crippen LogP contribution >= 0.6 is 0 Å².